The van der Waals surface area contributed by atoms with Crippen molar-refractivity contribution < 1.29 is 18.9 Å². The van der Waals surface area contributed by atoms with Gasteiger partial charge in [-0.1, -0.05) is 18.3 Å². The second kappa shape index (κ2) is 12.1. The zero-order valence-electron chi connectivity index (χ0n) is 20.5. The first kappa shape index (κ1) is 25.1. The number of thiocarbonyl (C=S) groups is 1. The molecular weight excluding hydrogens is 436 g/mol. The van der Waals surface area contributed by atoms with Gasteiger partial charge < -0.3 is 28.7 Å². The molecule has 0 amide bonds. The largest absolute Gasteiger partial charge is 0.493 e. The lowest BCUT2D eigenvalue weighted by molar-refractivity contribution is 0.309. The van der Waals surface area contributed by atoms with Crippen LogP contribution >= 0.6 is 12.2 Å². The van der Waals surface area contributed by atoms with Gasteiger partial charge in [0.15, 0.2) is 23.0 Å². The molecule has 0 radical (unpaired) electrons. The van der Waals surface area contributed by atoms with Gasteiger partial charge in [-0.05, 0) is 73.8 Å². The number of rotatable bonds is 11. The van der Waals surface area contributed by atoms with Crippen molar-refractivity contribution in [2.75, 3.05) is 61.7 Å². The fourth-order valence-corrected chi connectivity index (χ4v) is 4.59. The number of likely N-dealkylation sites (N-methyl/N-ethyl adjacent to an activating group) is 1. The Labute approximate surface area is 203 Å². The minimum absolute atomic E-state index is 0.766. The molecule has 0 spiro atoms. The molecule has 1 aliphatic rings. The Kier molecular flexibility index (Phi) is 9.21. The maximum atomic E-state index is 5.79. The molecule has 0 saturated carbocycles. The fourth-order valence-electron chi connectivity index (χ4n) is 4.25. The van der Waals surface area contributed by atoms with Crippen molar-refractivity contribution in [1.82, 2.24) is 9.80 Å². The monoisotopic (exact) mass is 472 g/mol. The topological polar surface area (TPSA) is 43.4 Å². The maximum Gasteiger partial charge on any atom is 0.161 e. The lowest BCUT2D eigenvalue weighted by atomic mass is 10.0. The van der Waals surface area contributed by atoms with Gasteiger partial charge in [-0.15, -0.1) is 0 Å². The van der Waals surface area contributed by atoms with Crippen LogP contribution in [-0.2, 0) is 19.3 Å². The number of ether oxygens (including phenoxy) is 4. The van der Waals surface area contributed by atoms with Gasteiger partial charge in [0, 0.05) is 26.1 Å². The van der Waals surface area contributed by atoms with Crippen molar-refractivity contribution in [2.24, 2.45) is 0 Å². The van der Waals surface area contributed by atoms with E-state index in [-0.39, 0.29) is 0 Å². The highest BCUT2D eigenvalue weighted by Crippen LogP contribution is 2.32. The lowest BCUT2D eigenvalue weighted by Gasteiger charge is -2.25. The van der Waals surface area contributed by atoms with E-state index in [9.17, 15) is 0 Å². The van der Waals surface area contributed by atoms with Crippen LogP contribution in [0.25, 0.3) is 0 Å². The van der Waals surface area contributed by atoms with E-state index in [0.717, 1.165) is 79.8 Å². The summed E-state index contributed by atoms with van der Waals surface area (Å²) in [5.74, 6) is 3.10. The van der Waals surface area contributed by atoms with Crippen molar-refractivity contribution in [1.29, 1.82) is 0 Å². The maximum absolute atomic E-state index is 5.79. The Hall–Kier alpha value is -2.51. The summed E-state index contributed by atoms with van der Waals surface area (Å²) in [5, 5.41) is 0. The molecule has 180 valence electrons. The molecule has 0 fully saturated rings. The molecule has 1 aliphatic heterocycles. The van der Waals surface area contributed by atoms with Crippen LogP contribution < -0.4 is 18.9 Å². The van der Waals surface area contributed by atoms with Crippen LogP contribution in [-0.4, -0.2) is 76.5 Å². The van der Waals surface area contributed by atoms with Crippen molar-refractivity contribution in [3.63, 3.8) is 0 Å². The van der Waals surface area contributed by atoms with Gasteiger partial charge in [0.1, 0.15) is 0 Å². The van der Waals surface area contributed by atoms with E-state index in [1.807, 2.05) is 6.07 Å². The highest BCUT2D eigenvalue weighted by atomic mass is 32.1. The zero-order valence-corrected chi connectivity index (χ0v) is 21.3. The molecule has 6 nitrogen and oxygen atoms in total. The minimum atomic E-state index is 0.766. The molecule has 0 aliphatic carbocycles. The Morgan fingerprint density at radius 3 is 2.15 bits per heavy atom. The van der Waals surface area contributed by atoms with E-state index >= 15 is 0 Å². The van der Waals surface area contributed by atoms with Crippen molar-refractivity contribution in [3.05, 3.63) is 47.0 Å². The van der Waals surface area contributed by atoms with Crippen molar-refractivity contribution >= 4 is 17.2 Å². The van der Waals surface area contributed by atoms with Gasteiger partial charge in [-0.3, -0.25) is 0 Å². The molecule has 1 heterocycles. The van der Waals surface area contributed by atoms with Crippen LogP contribution in [0.5, 0.6) is 23.0 Å². The molecule has 0 atom stereocenters. The SMILES string of the molecule is COc1ccc(CCN(C)CCCN2CCc3cc(OC)c(OC)cc3CC2=S)cc1OC. The van der Waals surface area contributed by atoms with Gasteiger partial charge in [-0.2, -0.15) is 0 Å². The summed E-state index contributed by atoms with van der Waals surface area (Å²) in [5.41, 5.74) is 3.79. The van der Waals surface area contributed by atoms with Gasteiger partial charge in [0.05, 0.1) is 33.4 Å². The summed E-state index contributed by atoms with van der Waals surface area (Å²) in [6.07, 6.45) is 3.79. The standard InChI is InChI=1S/C26H36N2O4S/c1-27(13-9-19-7-8-22(29-2)23(15-19)30-3)11-6-12-28-14-10-20-16-24(31-4)25(32-5)17-21(20)18-26(28)33/h7-8,15-17H,6,9-14,18H2,1-5H3. The molecule has 0 N–H and O–H groups in total. The van der Waals surface area contributed by atoms with E-state index in [4.69, 9.17) is 31.2 Å². The van der Waals surface area contributed by atoms with Crippen LogP contribution in [0.15, 0.2) is 30.3 Å². The van der Waals surface area contributed by atoms with Gasteiger partial charge in [0.2, 0.25) is 0 Å². The molecule has 3 rings (SSSR count). The Bertz CT molecular complexity index is 950. The first-order valence-corrected chi connectivity index (χ1v) is 11.8. The summed E-state index contributed by atoms with van der Waals surface area (Å²) >= 11 is 5.79. The number of fused-ring (bicyclic) bond motifs is 1. The second-order valence-electron chi connectivity index (χ2n) is 8.38. The Morgan fingerprint density at radius 1 is 0.848 bits per heavy atom. The minimum Gasteiger partial charge on any atom is -0.493 e. The third-order valence-electron chi connectivity index (χ3n) is 6.25. The third kappa shape index (κ3) is 6.51. The molecule has 0 bridgehead atoms. The number of benzene rings is 2. The van der Waals surface area contributed by atoms with E-state index in [2.05, 4.69) is 41.1 Å². The van der Waals surface area contributed by atoms with Crippen molar-refractivity contribution in [2.45, 2.75) is 25.7 Å². The molecule has 33 heavy (non-hydrogen) atoms. The molecular formula is C26H36N2O4S. The van der Waals surface area contributed by atoms with Crippen LogP contribution in [0.2, 0.25) is 0 Å². The lowest BCUT2D eigenvalue weighted by Crippen LogP contribution is -2.34. The Balaban J connectivity index is 1.48. The summed E-state index contributed by atoms with van der Waals surface area (Å²) in [4.78, 5) is 5.74. The molecule has 2 aromatic carbocycles. The summed E-state index contributed by atoms with van der Waals surface area (Å²) in [7, 11) is 8.86. The number of hydrogen-bond acceptors (Lipinski definition) is 6. The van der Waals surface area contributed by atoms with Crippen LogP contribution in [0.3, 0.4) is 0 Å². The van der Waals surface area contributed by atoms with E-state index in [0.29, 0.717) is 0 Å². The number of nitrogens with zero attached hydrogens (tertiary/aromatic N) is 2. The van der Waals surface area contributed by atoms with E-state index < -0.39 is 0 Å². The molecule has 7 heteroatoms. The van der Waals surface area contributed by atoms with E-state index in [1.54, 1.807) is 28.4 Å². The van der Waals surface area contributed by atoms with Gasteiger partial charge in [-0.25, -0.2) is 0 Å². The fraction of sp³-hybridized carbons (Fsp3) is 0.500. The van der Waals surface area contributed by atoms with Crippen LogP contribution in [0.1, 0.15) is 23.1 Å². The van der Waals surface area contributed by atoms with Crippen LogP contribution in [0, 0.1) is 0 Å². The molecule has 2 aromatic rings. The zero-order chi connectivity index (χ0) is 23.8. The predicted octanol–water partition coefficient (Wildman–Crippen LogP) is 4.01. The van der Waals surface area contributed by atoms with E-state index in [1.165, 1.54) is 16.7 Å². The van der Waals surface area contributed by atoms with Crippen LogP contribution in [0.4, 0.5) is 0 Å². The summed E-state index contributed by atoms with van der Waals surface area (Å²) in [6, 6.07) is 10.3. The highest BCUT2D eigenvalue weighted by molar-refractivity contribution is 7.80. The smallest absolute Gasteiger partial charge is 0.161 e. The first-order chi connectivity index (χ1) is 16.0. The number of methoxy groups -OCH3 is 4. The molecule has 0 saturated heterocycles. The first-order valence-electron chi connectivity index (χ1n) is 11.4. The number of hydrogen-bond donors (Lipinski definition) is 0. The van der Waals surface area contributed by atoms with Gasteiger partial charge in [0.25, 0.3) is 0 Å². The normalized spacial score (nSPS) is 13.5. The third-order valence-corrected chi connectivity index (χ3v) is 6.65. The molecule has 0 aromatic heterocycles. The highest BCUT2D eigenvalue weighted by Gasteiger charge is 2.20. The van der Waals surface area contributed by atoms with Crippen molar-refractivity contribution in [3.8, 4) is 23.0 Å². The average molecular weight is 473 g/mol. The summed E-state index contributed by atoms with van der Waals surface area (Å²) < 4.78 is 21.7. The Morgan fingerprint density at radius 2 is 1.48 bits per heavy atom. The summed E-state index contributed by atoms with van der Waals surface area (Å²) in [6.45, 7) is 3.93. The average Bonchev–Trinajstić information content (AvgIpc) is 2.99. The van der Waals surface area contributed by atoms with Gasteiger partial charge >= 0.3 is 0 Å². The quantitative estimate of drug-likeness (QED) is 0.458. The predicted molar refractivity (Wildman–Crippen MR) is 136 cm³/mol. The molecule has 0 unspecified atom stereocenters. The second-order valence-corrected chi connectivity index (χ2v) is 8.85.